The van der Waals surface area contributed by atoms with Gasteiger partial charge in [0.05, 0.1) is 34.2 Å². The van der Waals surface area contributed by atoms with Gasteiger partial charge in [0.15, 0.2) is 0 Å². The molecule has 2 N–H and O–H groups in total. The van der Waals surface area contributed by atoms with Crippen molar-refractivity contribution in [3.63, 3.8) is 0 Å². The fourth-order valence-electron chi connectivity index (χ4n) is 2.78. The highest BCUT2D eigenvalue weighted by atomic mass is 79.9. The van der Waals surface area contributed by atoms with E-state index in [1.165, 1.54) is 12.1 Å². The molecule has 0 aromatic heterocycles. The van der Waals surface area contributed by atoms with Gasteiger partial charge in [0.25, 0.3) is 10.0 Å². The number of hydrogen-bond donors (Lipinski definition) is 2. The molecule has 0 spiro atoms. The molecule has 0 saturated carbocycles. The summed E-state index contributed by atoms with van der Waals surface area (Å²) in [6.45, 7) is 3.33. The van der Waals surface area contributed by atoms with Gasteiger partial charge in [-0.3, -0.25) is 9.52 Å². The maximum Gasteiger partial charge on any atom is 0.261 e. The molecule has 1 aliphatic rings. The standard InChI is InChI=1S/C19H21BrN2O5S/c1-2-27-18-7-6-15(11-17(18)20)22-28(24,25)16-5-3-4-14(10-16)21-19(23)13-8-9-26-12-13/h3-7,10-11,13,22H,2,8-9,12H2,1H3,(H,21,23). The molecule has 28 heavy (non-hydrogen) atoms. The Labute approximate surface area is 172 Å². The molecule has 1 fully saturated rings. The number of ether oxygens (including phenoxy) is 2. The van der Waals surface area contributed by atoms with Crippen molar-refractivity contribution in [1.29, 1.82) is 0 Å². The Morgan fingerprint density at radius 3 is 2.75 bits per heavy atom. The Morgan fingerprint density at radius 2 is 2.07 bits per heavy atom. The lowest BCUT2D eigenvalue weighted by molar-refractivity contribution is -0.119. The average Bonchev–Trinajstić information content (AvgIpc) is 3.19. The molecule has 1 amide bonds. The number of benzene rings is 2. The smallest absolute Gasteiger partial charge is 0.261 e. The first-order valence-electron chi connectivity index (χ1n) is 8.83. The van der Waals surface area contributed by atoms with Crippen LogP contribution in [0.25, 0.3) is 0 Å². The predicted octanol–water partition coefficient (Wildman–Crippen LogP) is 3.62. The SMILES string of the molecule is CCOc1ccc(NS(=O)(=O)c2cccc(NC(=O)C3CCOC3)c2)cc1Br. The van der Waals surface area contributed by atoms with Gasteiger partial charge in [0.2, 0.25) is 5.91 Å². The van der Waals surface area contributed by atoms with Crippen LogP contribution in [-0.2, 0) is 19.6 Å². The molecule has 1 aliphatic heterocycles. The molecule has 7 nitrogen and oxygen atoms in total. The molecule has 1 unspecified atom stereocenters. The second-order valence-corrected chi connectivity index (χ2v) is 8.80. The molecule has 0 bridgehead atoms. The average molecular weight is 469 g/mol. The van der Waals surface area contributed by atoms with Crippen molar-refractivity contribution in [2.75, 3.05) is 29.9 Å². The third-order valence-electron chi connectivity index (χ3n) is 4.20. The third kappa shape index (κ3) is 5.03. The molecule has 1 atom stereocenters. The number of halogens is 1. The van der Waals surface area contributed by atoms with Crippen molar-refractivity contribution in [1.82, 2.24) is 0 Å². The highest BCUT2D eigenvalue weighted by molar-refractivity contribution is 9.10. The van der Waals surface area contributed by atoms with Crippen LogP contribution in [0.4, 0.5) is 11.4 Å². The number of anilines is 2. The van der Waals surface area contributed by atoms with Gasteiger partial charge in [0.1, 0.15) is 5.75 Å². The number of amides is 1. The third-order valence-corrected chi connectivity index (χ3v) is 6.19. The monoisotopic (exact) mass is 468 g/mol. The van der Waals surface area contributed by atoms with Gasteiger partial charge in [0, 0.05) is 12.3 Å². The Bertz CT molecular complexity index is 959. The largest absolute Gasteiger partial charge is 0.493 e. The first-order chi connectivity index (χ1) is 13.4. The van der Waals surface area contributed by atoms with E-state index in [9.17, 15) is 13.2 Å². The lowest BCUT2D eigenvalue weighted by Crippen LogP contribution is -2.23. The van der Waals surface area contributed by atoms with Crippen molar-refractivity contribution in [3.05, 3.63) is 46.9 Å². The Hall–Kier alpha value is -2.10. The maximum absolute atomic E-state index is 12.7. The Balaban J connectivity index is 1.74. The summed E-state index contributed by atoms with van der Waals surface area (Å²) < 4.78 is 39.3. The van der Waals surface area contributed by atoms with Crippen molar-refractivity contribution in [2.24, 2.45) is 5.92 Å². The molecule has 2 aromatic rings. The van der Waals surface area contributed by atoms with Gasteiger partial charge in [-0.1, -0.05) is 6.07 Å². The highest BCUT2D eigenvalue weighted by Crippen LogP contribution is 2.29. The maximum atomic E-state index is 12.7. The minimum atomic E-state index is -3.82. The van der Waals surface area contributed by atoms with Crippen LogP contribution in [0.5, 0.6) is 5.75 Å². The van der Waals surface area contributed by atoms with E-state index in [0.29, 0.717) is 47.8 Å². The lowest BCUT2D eigenvalue weighted by Gasteiger charge is -2.13. The van der Waals surface area contributed by atoms with Gasteiger partial charge >= 0.3 is 0 Å². The number of nitrogens with one attached hydrogen (secondary N) is 2. The van der Waals surface area contributed by atoms with Gasteiger partial charge in [-0.05, 0) is 65.7 Å². The molecular formula is C19H21BrN2O5S. The number of carbonyl (C=O) groups is 1. The molecule has 0 aliphatic carbocycles. The number of rotatable bonds is 7. The van der Waals surface area contributed by atoms with Gasteiger partial charge in [-0.15, -0.1) is 0 Å². The predicted molar refractivity (Wildman–Crippen MR) is 110 cm³/mol. The van der Waals surface area contributed by atoms with Crippen molar-refractivity contribution < 1.29 is 22.7 Å². The number of sulfonamides is 1. The van der Waals surface area contributed by atoms with Crippen LogP contribution >= 0.6 is 15.9 Å². The minimum absolute atomic E-state index is 0.0537. The van der Waals surface area contributed by atoms with Crippen LogP contribution in [-0.4, -0.2) is 34.1 Å². The van der Waals surface area contributed by atoms with E-state index in [0.717, 1.165) is 0 Å². The fourth-order valence-corrected chi connectivity index (χ4v) is 4.37. The normalized spacial score (nSPS) is 16.6. The van der Waals surface area contributed by atoms with E-state index >= 15 is 0 Å². The zero-order valence-electron chi connectivity index (χ0n) is 15.3. The van der Waals surface area contributed by atoms with Crippen LogP contribution in [0.1, 0.15) is 13.3 Å². The zero-order valence-corrected chi connectivity index (χ0v) is 17.7. The molecule has 1 heterocycles. The van der Waals surface area contributed by atoms with Crippen LogP contribution in [0.2, 0.25) is 0 Å². The Kier molecular flexibility index (Phi) is 6.58. The summed E-state index contributed by atoms with van der Waals surface area (Å²) in [7, 11) is -3.82. The molecule has 2 aromatic carbocycles. The summed E-state index contributed by atoms with van der Waals surface area (Å²) in [6.07, 6.45) is 0.665. The van der Waals surface area contributed by atoms with E-state index in [-0.39, 0.29) is 16.7 Å². The van der Waals surface area contributed by atoms with Gasteiger partial charge < -0.3 is 14.8 Å². The highest BCUT2D eigenvalue weighted by Gasteiger charge is 2.24. The van der Waals surface area contributed by atoms with Crippen LogP contribution in [0.3, 0.4) is 0 Å². The molecule has 0 radical (unpaired) electrons. The second-order valence-electron chi connectivity index (χ2n) is 6.26. The van der Waals surface area contributed by atoms with E-state index < -0.39 is 10.0 Å². The summed E-state index contributed by atoms with van der Waals surface area (Å²) in [5, 5.41) is 2.76. The van der Waals surface area contributed by atoms with Crippen LogP contribution in [0.15, 0.2) is 51.8 Å². The zero-order chi connectivity index (χ0) is 20.1. The van der Waals surface area contributed by atoms with E-state index in [1.54, 1.807) is 30.3 Å². The Morgan fingerprint density at radius 1 is 1.25 bits per heavy atom. The topological polar surface area (TPSA) is 93.7 Å². The molecule has 9 heteroatoms. The quantitative estimate of drug-likeness (QED) is 0.646. The number of carbonyl (C=O) groups excluding carboxylic acids is 1. The minimum Gasteiger partial charge on any atom is -0.493 e. The van der Waals surface area contributed by atoms with Crippen LogP contribution < -0.4 is 14.8 Å². The van der Waals surface area contributed by atoms with Crippen molar-refractivity contribution in [2.45, 2.75) is 18.2 Å². The van der Waals surface area contributed by atoms with Gasteiger partial charge in [-0.2, -0.15) is 0 Å². The molecule has 1 saturated heterocycles. The fraction of sp³-hybridized carbons (Fsp3) is 0.316. The molecular weight excluding hydrogens is 448 g/mol. The van der Waals surface area contributed by atoms with Crippen molar-refractivity contribution >= 4 is 43.2 Å². The van der Waals surface area contributed by atoms with Crippen molar-refractivity contribution in [3.8, 4) is 5.75 Å². The van der Waals surface area contributed by atoms with Crippen LogP contribution in [0, 0.1) is 5.92 Å². The summed E-state index contributed by atoms with van der Waals surface area (Å²) in [5.74, 6) is 0.251. The molecule has 150 valence electrons. The summed E-state index contributed by atoms with van der Waals surface area (Å²) >= 11 is 3.37. The van der Waals surface area contributed by atoms with Gasteiger partial charge in [-0.25, -0.2) is 8.42 Å². The molecule has 3 rings (SSSR count). The second kappa shape index (κ2) is 8.93. The first kappa shape index (κ1) is 20.6. The lowest BCUT2D eigenvalue weighted by atomic mass is 10.1. The van der Waals surface area contributed by atoms with E-state index in [1.807, 2.05) is 6.92 Å². The summed E-state index contributed by atoms with van der Waals surface area (Å²) in [6, 6.07) is 11.1. The summed E-state index contributed by atoms with van der Waals surface area (Å²) in [4.78, 5) is 12.3. The number of hydrogen-bond acceptors (Lipinski definition) is 5. The first-order valence-corrected chi connectivity index (χ1v) is 11.1. The van der Waals surface area contributed by atoms with E-state index in [4.69, 9.17) is 9.47 Å². The van der Waals surface area contributed by atoms with E-state index in [2.05, 4.69) is 26.0 Å². The summed E-state index contributed by atoms with van der Waals surface area (Å²) in [5.41, 5.74) is 0.820.